The fraction of sp³-hybridized carbons (Fsp3) is 0.875. The molecule has 0 spiro atoms. The predicted molar refractivity (Wildman–Crippen MR) is 81.3 cm³/mol. The number of carbonyl (C=O) groups excluding carboxylic acids is 2. The SMILES string of the molecule is CCCCC(C)N1C(=O)C(CC(C)C)NC(=O)C1CC. The molecule has 1 aliphatic heterocycles. The van der Waals surface area contributed by atoms with Crippen molar-refractivity contribution in [2.75, 3.05) is 0 Å². The van der Waals surface area contributed by atoms with Crippen molar-refractivity contribution >= 4 is 11.8 Å². The lowest BCUT2D eigenvalue weighted by Crippen LogP contribution is -2.65. The molecule has 116 valence electrons. The van der Waals surface area contributed by atoms with Crippen molar-refractivity contribution in [2.24, 2.45) is 5.92 Å². The second kappa shape index (κ2) is 7.65. The van der Waals surface area contributed by atoms with E-state index in [1.165, 1.54) is 0 Å². The first-order chi connectivity index (χ1) is 9.42. The van der Waals surface area contributed by atoms with Crippen molar-refractivity contribution < 1.29 is 9.59 Å². The van der Waals surface area contributed by atoms with Crippen molar-refractivity contribution in [3.63, 3.8) is 0 Å². The number of hydrogen-bond donors (Lipinski definition) is 1. The van der Waals surface area contributed by atoms with Crippen molar-refractivity contribution in [3.05, 3.63) is 0 Å². The molecule has 1 rings (SSSR count). The number of unbranched alkanes of at least 4 members (excludes halogenated alkanes) is 1. The Morgan fingerprint density at radius 3 is 2.35 bits per heavy atom. The van der Waals surface area contributed by atoms with Gasteiger partial charge in [0.15, 0.2) is 0 Å². The summed E-state index contributed by atoms with van der Waals surface area (Å²) in [6.45, 7) is 10.4. The second-order valence-electron chi connectivity index (χ2n) is 6.35. The highest BCUT2D eigenvalue weighted by Gasteiger charge is 2.41. The molecular weight excluding hydrogens is 252 g/mol. The Balaban J connectivity index is 2.88. The monoisotopic (exact) mass is 282 g/mol. The summed E-state index contributed by atoms with van der Waals surface area (Å²) in [5, 5.41) is 2.91. The van der Waals surface area contributed by atoms with Crippen LogP contribution >= 0.6 is 0 Å². The minimum Gasteiger partial charge on any atom is -0.342 e. The molecule has 0 aromatic heterocycles. The molecule has 0 aromatic rings. The van der Waals surface area contributed by atoms with E-state index in [4.69, 9.17) is 0 Å². The summed E-state index contributed by atoms with van der Waals surface area (Å²) in [5.41, 5.74) is 0. The minimum atomic E-state index is -0.339. The van der Waals surface area contributed by atoms with E-state index < -0.39 is 0 Å². The van der Waals surface area contributed by atoms with Gasteiger partial charge >= 0.3 is 0 Å². The predicted octanol–water partition coefficient (Wildman–Crippen LogP) is 2.72. The van der Waals surface area contributed by atoms with Crippen molar-refractivity contribution in [2.45, 2.75) is 84.8 Å². The first-order valence-electron chi connectivity index (χ1n) is 8.04. The highest BCUT2D eigenvalue weighted by atomic mass is 16.2. The lowest BCUT2D eigenvalue weighted by atomic mass is 9.95. The molecule has 0 saturated carbocycles. The van der Waals surface area contributed by atoms with Crippen LogP contribution in [0.25, 0.3) is 0 Å². The number of carbonyl (C=O) groups is 2. The van der Waals surface area contributed by atoms with E-state index in [2.05, 4.69) is 33.0 Å². The van der Waals surface area contributed by atoms with E-state index in [1.54, 1.807) is 0 Å². The fourth-order valence-electron chi connectivity index (χ4n) is 2.97. The van der Waals surface area contributed by atoms with Gasteiger partial charge < -0.3 is 10.2 Å². The molecule has 1 fully saturated rings. The van der Waals surface area contributed by atoms with Crippen LogP contribution in [0.3, 0.4) is 0 Å². The van der Waals surface area contributed by atoms with Crippen LogP contribution in [-0.4, -0.2) is 34.8 Å². The van der Waals surface area contributed by atoms with Gasteiger partial charge in [-0.1, -0.05) is 40.5 Å². The van der Waals surface area contributed by atoms with Gasteiger partial charge in [-0.3, -0.25) is 9.59 Å². The van der Waals surface area contributed by atoms with Gasteiger partial charge in [-0.15, -0.1) is 0 Å². The molecule has 1 N–H and O–H groups in total. The number of piperazine rings is 1. The maximum Gasteiger partial charge on any atom is 0.246 e. The Morgan fingerprint density at radius 1 is 1.20 bits per heavy atom. The molecule has 20 heavy (non-hydrogen) atoms. The number of hydrogen-bond acceptors (Lipinski definition) is 2. The maximum absolute atomic E-state index is 12.7. The third-order valence-electron chi connectivity index (χ3n) is 4.05. The third-order valence-corrected chi connectivity index (χ3v) is 4.05. The van der Waals surface area contributed by atoms with Crippen molar-refractivity contribution in [1.29, 1.82) is 0 Å². The molecule has 0 radical (unpaired) electrons. The molecule has 1 aliphatic rings. The molecule has 3 atom stereocenters. The van der Waals surface area contributed by atoms with Crippen LogP contribution in [0.2, 0.25) is 0 Å². The van der Waals surface area contributed by atoms with Gasteiger partial charge in [0.2, 0.25) is 11.8 Å². The minimum absolute atomic E-state index is 0.0149. The summed E-state index contributed by atoms with van der Waals surface area (Å²) in [7, 11) is 0. The summed E-state index contributed by atoms with van der Waals surface area (Å²) in [5.74, 6) is 0.519. The molecule has 4 nitrogen and oxygen atoms in total. The van der Waals surface area contributed by atoms with Crippen LogP contribution in [0.4, 0.5) is 0 Å². The maximum atomic E-state index is 12.7. The number of rotatable bonds is 7. The van der Waals surface area contributed by atoms with Crippen LogP contribution < -0.4 is 5.32 Å². The number of amides is 2. The molecule has 1 heterocycles. The summed E-state index contributed by atoms with van der Waals surface area (Å²) < 4.78 is 0. The van der Waals surface area contributed by atoms with Gasteiger partial charge in [0, 0.05) is 6.04 Å². The number of nitrogens with one attached hydrogen (secondary N) is 1. The molecule has 0 bridgehead atoms. The highest BCUT2D eigenvalue weighted by Crippen LogP contribution is 2.22. The summed E-state index contributed by atoms with van der Waals surface area (Å²) in [4.78, 5) is 26.8. The van der Waals surface area contributed by atoms with E-state index >= 15 is 0 Å². The average Bonchev–Trinajstić information content (AvgIpc) is 2.38. The zero-order valence-corrected chi connectivity index (χ0v) is 13.6. The summed E-state index contributed by atoms with van der Waals surface area (Å²) >= 11 is 0. The van der Waals surface area contributed by atoms with Gasteiger partial charge in [0.25, 0.3) is 0 Å². The van der Waals surface area contributed by atoms with E-state index in [-0.39, 0.29) is 29.9 Å². The van der Waals surface area contributed by atoms with Gasteiger partial charge in [-0.25, -0.2) is 0 Å². The second-order valence-corrected chi connectivity index (χ2v) is 6.35. The largest absolute Gasteiger partial charge is 0.342 e. The average molecular weight is 282 g/mol. The Hall–Kier alpha value is -1.06. The first kappa shape index (κ1) is 17.0. The lowest BCUT2D eigenvalue weighted by molar-refractivity contribution is -0.152. The lowest BCUT2D eigenvalue weighted by Gasteiger charge is -2.42. The third kappa shape index (κ3) is 3.97. The van der Waals surface area contributed by atoms with E-state index in [9.17, 15) is 9.59 Å². The first-order valence-corrected chi connectivity index (χ1v) is 8.04. The molecule has 2 amide bonds. The van der Waals surface area contributed by atoms with E-state index in [0.29, 0.717) is 12.3 Å². The van der Waals surface area contributed by atoms with Gasteiger partial charge in [0.1, 0.15) is 12.1 Å². The van der Waals surface area contributed by atoms with Crippen LogP contribution in [0.15, 0.2) is 0 Å². The van der Waals surface area contributed by atoms with Crippen molar-refractivity contribution in [1.82, 2.24) is 10.2 Å². The van der Waals surface area contributed by atoms with Gasteiger partial charge in [-0.05, 0) is 32.1 Å². The topological polar surface area (TPSA) is 49.4 Å². The van der Waals surface area contributed by atoms with Crippen molar-refractivity contribution in [3.8, 4) is 0 Å². The number of nitrogens with zero attached hydrogens (tertiary/aromatic N) is 1. The Bertz CT molecular complexity index is 341. The molecule has 0 aliphatic carbocycles. The fourth-order valence-corrected chi connectivity index (χ4v) is 2.97. The van der Waals surface area contributed by atoms with Gasteiger partial charge in [0.05, 0.1) is 0 Å². The quantitative estimate of drug-likeness (QED) is 0.780. The molecular formula is C16H30N2O2. The van der Waals surface area contributed by atoms with Crippen LogP contribution in [0, 0.1) is 5.92 Å². The Morgan fingerprint density at radius 2 is 1.85 bits per heavy atom. The Kier molecular flexibility index (Phi) is 6.50. The van der Waals surface area contributed by atoms with Gasteiger partial charge in [-0.2, -0.15) is 0 Å². The molecule has 3 unspecified atom stereocenters. The van der Waals surface area contributed by atoms with Crippen LogP contribution in [0.5, 0.6) is 0 Å². The highest BCUT2D eigenvalue weighted by molar-refractivity contribution is 5.97. The normalized spacial score (nSPS) is 25.0. The molecule has 1 saturated heterocycles. The Labute approximate surface area is 123 Å². The van der Waals surface area contributed by atoms with Crippen LogP contribution in [-0.2, 0) is 9.59 Å². The standard InChI is InChI=1S/C16H30N2O2/c1-6-8-9-12(5)18-14(7-2)15(19)17-13(16(18)20)10-11(3)4/h11-14H,6-10H2,1-5H3,(H,17,19). The zero-order valence-electron chi connectivity index (χ0n) is 13.6. The summed E-state index contributed by atoms with van der Waals surface area (Å²) in [6.07, 6.45) is 4.59. The van der Waals surface area contributed by atoms with Crippen LogP contribution in [0.1, 0.15) is 66.7 Å². The van der Waals surface area contributed by atoms with E-state index in [0.717, 1.165) is 25.7 Å². The smallest absolute Gasteiger partial charge is 0.246 e. The van der Waals surface area contributed by atoms with E-state index in [1.807, 2.05) is 11.8 Å². The zero-order chi connectivity index (χ0) is 15.3. The molecule has 4 heteroatoms. The molecule has 0 aromatic carbocycles. The summed E-state index contributed by atoms with van der Waals surface area (Å²) in [6, 6.07) is -0.486.